The van der Waals surface area contributed by atoms with Gasteiger partial charge in [0.25, 0.3) is 0 Å². The third-order valence-corrected chi connectivity index (χ3v) is 2.96. The molecule has 1 N–H and O–H groups in total. The summed E-state index contributed by atoms with van der Waals surface area (Å²) in [6.07, 6.45) is 3.59. The van der Waals surface area contributed by atoms with Crippen LogP contribution in [0, 0.1) is 0 Å². The summed E-state index contributed by atoms with van der Waals surface area (Å²) in [4.78, 5) is 14.8. The standard InChI is InChI=1S/C12H24N2O3/c1-13(2)6-7-14(10-12(15)16)9-11-5-3-4-8-17-11/h11H,3-10H2,1-2H3,(H,15,16). The van der Waals surface area contributed by atoms with E-state index in [9.17, 15) is 4.79 Å². The molecule has 0 aromatic heterocycles. The Labute approximate surface area is 103 Å². The van der Waals surface area contributed by atoms with Crippen molar-refractivity contribution >= 4 is 5.97 Å². The van der Waals surface area contributed by atoms with E-state index in [1.807, 2.05) is 19.0 Å². The summed E-state index contributed by atoms with van der Waals surface area (Å²) in [7, 11) is 3.99. The second-order valence-corrected chi connectivity index (χ2v) is 4.92. The van der Waals surface area contributed by atoms with E-state index in [4.69, 9.17) is 9.84 Å². The molecule has 0 aliphatic carbocycles. The molecule has 1 unspecified atom stereocenters. The Morgan fingerprint density at radius 2 is 2.12 bits per heavy atom. The van der Waals surface area contributed by atoms with Crippen molar-refractivity contribution in [3.63, 3.8) is 0 Å². The van der Waals surface area contributed by atoms with Crippen LogP contribution in [0.25, 0.3) is 0 Å². The molecule has 1 atom stereocenters. The SMILES string of the molecule is CN(C)CCN(CC(=O)O)CC1CCCCO1. The monoisotopic (exact) mass is 244 g/mol. The zero-order valence-electron chi connectivity index (χ0n) is 10.9. The van der Waals surface area contributed by atoms with Gasteiger partial charge in [0.1, 0.15) is 0 Å². The first kappa shape index (κ1) is 14.4. The largest absolute Gasteiger partial charge is 0.480 e. The number of ether oxygens (including phenoxy) is 1. The minimum absolute atomic E-state index is 0.105. The molecule has 1 fully saturated rings. The number of hydrogen-bond donors (Lipinski definition) is 1. The third kappa shape index (κ3) is 6.61. The Morgan fingerprint density at radius 3 is 2.65 bits per heavy atom. The number of nitrogens with zero attached hydrogens (tertiary/aromatic N) is 2. The molecule has 1 saturated heterocycles. The molecule has 1 aliphatic rings. The Morgan fingerprint density at radius 1 is 1.35 bits per heavy atom. The average Bonchev–Trinajstić information content (AvgIpc) is 2.26. The van der Waals surface area contributed by atoms with Gasteiger partial charge in [0, 0.05) is 26.2 Å². The zero-order valence-corrected chi connectivity index (χ0v) is 10.9. The number of carbonyl (C=O) groups is 1. The van der Waals surface area contributed by atoms with Gasteiger partial charge < -0.3 is 14.7 Å². The summed E-state index contributed by atoms with van der Waals surface area (Å²) in [5.41, 5.74) is 0. The first-order chi connectivity index (χ1) is 8.08. The van der Waals surface area contributed by atoms with Gasteiger partial charge in [0.05, 0.1) is 12.6 Å². The summed E-state index contributed by atoms with van der Waals surface area (Å²) in [6, 6.07) is 0. The molecule has 0 bridgehead atoms. The fourth-order valence-corrected chi connectivity index (χ4v) is 2.01. The van der Waals surface area contributed by atoms with Crippen LogP contribution in [-0.2, 0) is 9.53 Å². The van der Waals surface area contributed by atoms with E-state index < -0.39 is 5.97 Å². The molecule has 0 spiro atoms. The van der Waals surface area contributed by atoms with E-state index in [1.165, 1.54) is 6.42 Å². The zero-order chi connectivity index (χ0) is 12.7. The van der Waals surface area contributed by atoms with Crippen LogP contribution in [0.15, 0.2) is 0 Å². The van der Waals surface area contributed by atoms with Gasteiger partial charge in [-0.05, 0) is 33.4 Å². The lowest BCUT2D eigenvalue weighted by atomic mass is 10.1. The van der Waals surface area contributed by atoms with Crippen molar-refractivity contribution < 1.29 is 14.6 Å². The summed E-state index contributed by atoms with van der Waals surface area (Å²) >= 11 is 0. The smallest absolute Gasteiger partial charge is 0.317 e. The van der Waals surface area contributed by atoms with Crippen molar-refractivity contribution in [2.45, 2.75) is 25.4 Å². The molecule has 5 heteroatoms. The Kier molecular flexibility index (Phi) is 6.47. The summed E-state index contributed by atoms with van der Waals surface area (Å²) in [5.74, 6) is -0.764. The maximum absolute atomic E-state index is 10.8. The quantitative estimate of drug-likeness (QED) is 0.707. The minimum atomic E-state index is -0.764. The number of rotatable bonds is 7. The molecular weight excluding hydrogens is 220 g/mol. The van der Waals surface area contributed by atoms with Crippen molar-refractivity contribution in [2.24, 2.45) is 0 Å². The van der Waals surface area contributed by atoms with Gasteiger partial charge in [0.2, 0.25) is 0 Å². The molecule has 0 aromatic carbocycles. The molecule has 0 aromatic rings. The molecule has 0 saturated carbocycles. The lowest BCUT2D eigenvalue weighted by Crippen LogP contribution is -2.41. The fraction of sp³-hybridized carbons (Fsp3) is 0.917. The normalized spacial score (nSPS) is 21.1. The van der Waals surface area contributed by atoms with E-state index in [2.05, 4.69) is 4.90 Å². The Hall–Kier alpha value is -0.650. The topological polar surface area (TPSA) is 53.0 Å². The molecule has 1 aliphatic heterocycles. The van der Waals surface area contributed by atoms with Crippen molar-refractivity contribution in [1.82, 2.24) is 9.80 Å². The van der Waals surface area contributed by atoms with Crippen molar-refractivity contribution in [3.05, 3.63) is 0 Å². The molecule has 17 heavy (non-hydrogen) atoms. The number of likely N-dealkylation sites (N-methyl/N-ethyl adjacent to an activating group) is 1. The van der Waals surface area contributed by atoms with E-state index in [1.54, 1.807) is 0 Å². The van der Waals surface area contributed by atoms with Crippen molar-refractivity contribution in [2.75, 3.05) is 46.9 Å². The maximum atomic E-state index is 10.8. The van der Waals surface area contributed by atoms with Crippen molar-refractivity contribution in [1.29, 1.82) is 0 Å². The Balaban J connectivity index is 2.35. The van der Waals surface area contributed by atoms with E-state index in [0.717, 1.165) is 39.1 Å². The highest BCUT2D eigenvalue weighted by molar-refractivity contribution is 5.69. The highest BCUT2D eigenvalue weighted by atomic mass is 16.5. The average molecular weight is 244 g/mol. The number of aliphatic carboxylic acids is 1. The van der Waals surface area contributed by atoms with Gasteiger partial charge in [-0.2, -0.15) is 0 Å². The second kappa shape index (κ2) is 7.63. The summed E-state index contributed by atoms with van der Waals surface area (Å²) < 4.78 is 5.65. The van der Waals surface area contributed by atoms with Gasteiger partial charge in [-0.15, -0.1) is 0 Å². The Bertz CT molecular complexity index is 228. The van der Waals surface area contributed by atoms with Crippen LogP contribution in [0.3, 0.4) is 0 Å². The van der Waals surface area contributed by atoms with E-state index in [-0.39, 0.29) is 12.6 Å². The predicted molar refractivity (Wildman–Crippen MR) is 66.2 cm³/mol. The number of carboxylic acid groups (broad SMARTS) is 1. The van der Waals surface area contributed by atoms with E-state index >= 15 is 0 Å². The lowest BCUT2D eigenvalue weighted by Gasteiger charge is -2.29. The van der Waals surface area contributed by atoms with Crippen LogP contribution < -0.4 is 0 Å². The highest BCUT2D eigenvalue weighted by Crippen LogP contribution is 2.13. The molecular formula is C12H24N2O3. The van der Waals surface area contributed by atoms with Crippen LogP contribution in [0.4, 0.5) is 0 Å². The number of carboxylic acids is 1. The predicted octanol–water partition coefficient (Wildman–Crippen LogP) is 0.504. The van der Waals surface area contributed by atoms with E-state index in [0.29, 0.717) is 0 Å². The van der Waals surface area contributed by atoms with Crippen LogP contribution in [0.1, 0.15) is 19.3 Å². The lowest BCUT2D eigenvalue weighted by molar-refractivity contribution is -0.139. The van der Waals surface area contributed by atoms with Crippen LogP contribution >= 0.6 is 0 Å². The molecule has 1 rings (SSSR count). The van der Waals surface area contributed by atoms with Crippen molar-refractivity contribution in [3.8, 4) is 0 Å². The molecule has 100 valence electrons. The van der Waals surface area contributed by atoms with Crippen LogP contribution in [-0.4, -0.2) is 73.9 Å². The molecule has 5 nitrogen and oxygen atoms in total. The summed E-state index contributed by atoms with van der Waals surface area (Å²) in [6.45, 7) is 3.31. The molecule has 1 heterocycles. The van der Waals surface area contributed by atoms with Gasteiger partial charge in [-0.25, -0.2) is 0 Å². The number of hydrogen-bond acceptors (Lipinski definition) is 4. The maximum Gasteiger partial charge on any atom is 0.317 e. The fourth-order valence-electron chi connectivity index (χ4n) is 2.01. The molecule has 0 radical (unpaired) electrons. The third-order valence-electron chi connectivity index (χ3n) is 2.96. The first-order valence-corrected chi connectivity index (χ1v) is 6.28. The minimum Gasteiger partial charge on any atom is -0.480 e. The second-order valence-electron chi connectivity index (χ2n) is 4.92. The van der Waals surface area contributed by atoms with Gasteiger partial charge in [-0.1, -0.05) is 0 Å². The van der Waals surface area contributed by atoms with Crippen LogP contribution in [0.2, 0.25) is 0 Å². The first-order valence-electron chi connectivity index (χ1n) is 6.28. The van der Waals surface area contributed by atoms with Gasteiger partial charge in [-0.3, -0.25) is 9.69 Å². The van der Waals surface area contributed by atoms with Crippen LogP contribution in [0.5, 0.6) is 0 Å². The van der Waals surface area contributed by atoms with Gasteiger partial charge >= 0.3 is 5.97 Å². The van der Waals surface area contributed by atoms with Gasteiger partial charge in [0.15, 0.2) is 0 Å². The highest BCUT2D eigenvalue weighted by Gasteiger charge is 2.19. The summed E-state index contributed by atoms with van der Waals surface area (Å²) in [5, 5.41) is 8.88. The molecule has 0 amide bonds.